The molecule has 1 heterocycles. The van der Waals surface area contributed by atoms with Gasteiger partial charge in [-0.15, -0.1) is 18.2 Å². The van der Waals surface area contributed by atoms with Crippen molar-refractivity contribution in [2.75, 3.05) is 6.61 Å². The molecule has 7 atom stereocenters. The fraction of sp³-hybridized carbons (Fsp3) is 0.800. The number of aliphatic hydroxyl groups is 2. The number of fused-ring (bicyclic) bond motifs is 3. The van der Waals surface area contributed by atoms with Crippen molar-refractivity contribution < 1.29 is 14.9 Å². The van der Waals surface area contributed by atoms with Gasteiger partial charge in [0.15, 0.2) is 6.29 Å². The molecule has 0 spiro atoms. The Labute approximate surface area is 150 Å². The average molecular weight is 355 g/mol. The lowest BCUT2D eigenvalue weighted by molar-refractivity contribution is -0.182. The lowest BCUT2D eigenvalue weighted by Gasteiger charge is -2.60. The van der Waals surface area contributed by atoms with Crippen LogP contribution in [0.5, 0.6) is 0 Å². The topological polar surface area (TPSA) is 49.7 Å². The third-order valence-corrected chi connectivity index (χ3v) is 7.80. The van der Waals surface area contributed by atoms with E-state index in [1.807, 2.05) is 0 Å². The van der Waals surface area contributed by atoms with Crippen molar-refractivity contribution >= 4 is 11.6 Å². The highest BCUT2D eigenvalue weighted by molar-refractivity contribution is 6.21. The maximum Gasteiger partial charge on any atom is 0.162 e. The summed E-state index contributed by atoms with van der Waals surface area (Å²) in [5.41, 5.74) is 1.91. The molecule has 1 saturated heterocycles. The zero-order chi connectivity index (χ0) is 17.7. The molecular weight excluding hydrogens is 324 g/mol. The molecule has 2 aliphatic carbocycles. The Hall–Kier alpha value is -0.350. The molecule has 1 aliphatic heterocycles. The van der Waals surface area contributed by atoms with Crippen molar-refractivity contribution in [3.05, 3.63) is 23.8 Å². The first-order valence-corrected chi connectivity index (χ1v) is 9.60. The summed E-state index contributed by atoms with van der Waals surface area (Å²) in [6.07, 6.45) is 5.49. The second kappa shape index (κ2) is 6.42. The van der Waals surface area contributed by atoms with Gasteiger partial charge in [0.05, 0.1) is 12.7 Å². The van der Waals surface area contributed by atoms with Crippen LogP contribution in [0.4, 0.5) is 0 Å². The molecule has 136 valence electrons. The highest BCUT2D eigenvalue weighted by atomic mass is 35.5. The molecular formula is C20H31ClO3. The lowest BCUT2D eigenvalue weighted by atomic mass is 9.46. The Morgan fingerprint density at radius 2 is 2.12 bits per heavy atom. The average Bonchev–Trinajstić information content (AvgIpc) is 2.88. The van der Waals surface area contributed by atoms with Crippen LogP contribution >= 0.6 is 11.6 Å². The molecule has 2 fully saturated rings. The van der Waals surface area contributed by atoms with E-state index in [0.717, 1.165) is 31.3 Å². The fourth-order valence-electron chi connectivity index (χ4n) is 5.64. The van der Waals surface area contributed by atoms with Gasteiger partial charge in [0.1, 0.15) is 0 Å². The van der Waals surface area contributed by atoms with Crippen molar-refractivity contribution in [2.45, 2.75) is 70.6 Å². The first kappa shape index (κ1) is 18.4. The predicted molar refractivity (Wildman–Crippen MR) is 96.8 cm³/mol. The molecule has 3 aliphatic rings. The number of hydrogen-bond acceptors (Lipinski definition) is 3. The molecule has 4 heteroatoms. The van der Waals surface area contributed by atoms with E-state index in [4.69, 9.17) is 16.3 Å². The number of rotatable bonds is 4. The van der Waals surface area contributed by atoms with E-state index in [-0.39, 0.29) is 28.0 Å². The first-order chi connectivity index (χ1) is 11.2. The van der Waals surface area contributed by atoms with Crippen LogP contribution in [-0.4, -0.2) is 34.6 Å². The monoisotopic (exact) mass is 354 g/mol. The van der Waals surface area contributed by atoms with E-state index in [0.29, 0.717) is 13.0 Å². The van der Waals surface area contributed by atoms with Crippen molar-refractivity contribution in [3.8, 4) is 0 Å². The lowest BCUT2D eigenvalue weighted by Crippen LogP contribution is -2.61. The molecule has 0 amide bonds. The molecule has 0 radical (unpaired) electrons. The summed E-state index contributed by atoms with van der Waals surface area (Å²) in [6, 6.07) is 0. The number of halogens is 1. The summed E-state index contributed by atoms with van der Waals surface area (Å²) in [4.78, 5) is 0. The van der Waals surface area contributed by atoms with Crippen molar-refractivity contribution in [1.29, 1.82) is 0 Å². The van der Waals surface area contributed by atoms with Crippen molar-refractivity contribution in [1.82, 2.24) is 0 Å². The molecule has 2 N–H and O–H groups in total. The Morgan fingerprint density at radius 3 is 2.79 bits per heavy atom. The normalized spacial score (nSPS) is 47.8. The smallest absolute Gasteiger partial charge is 0.162 e. The fourth-order valence-corrected chi connectivity index (χ4v) is 6.07. The minimum absolute atomic E-state index is 0.0508. The van der Waals surface area contributed by atoms with E-state index in [1.54, 1.807) is 0 Å². The van der Waals surface area contributed by atoms with Gasteiger partial charge in [-0.25, -0.2) is 0 Å². The molecule has 3 nitrogen and oxygen atoms in total. The maximum absolute atomic E-state index is 11.0. The Morgan fingerprint density at radius 1 is 1.42 bits per heavy atom. The quantitative estimate of drug-likeness (QED) is 0.592. The van der Waals surface area contributed by atoms with Crippen LogP contribution in [-0.2, 0) is 4.74 Å². The van der Waals surface area contributed by atoms with Gasteiger partial charge in [-0.2, -0.15) is 0 Å². The second-order valence-corrected chi connectivity index (χ2v) is 9.17. The number of hydrogen-bond donors (Lipinski definition) is 2. The molecule has 0 aromatic heterocycles. The Bertz CT molecular complexity index is 545. The van der Waals surface area contributed by atoms with Crippen LogP contribution in [0.3, 0.4) is 0 Å². The highest BCUT2D eigenvalue weighted by Crippen LogP contribution is 2.64. The van der Waals surface area contributed by atoms with Crippen LogP contribution < -0.4 is 0 Å². The molecule has 0 aromatic rings. The summed E-state index contributed by atoms with van der Waals surface area (Å²) >= 11 is 6.80. The minimum atomic E-state index is -0.815. The Balaban J connectivity index is 1.93. The zero-order valence-corrected chi connectivity index (χ0v) is 15.9. The van der Waals surface area contributed by atoms with E-state index in [1.165, 1.54) is 5.57 Å². The van der Waals surface area contributed by atoms with E-state index in [9.17, 15) is 10.2 Å². The van der Waals surface area contributed by atoms with Gasteiger partial charge in [0.2, 0.25) is 0 Å². The molecule has 0 aromatic carbocycles. The van der Waals surface area contributed by atoms with Crippen LogP contribution in [0, 0.1) is 22.7 Å². The third kappa shape index (κ3) is 2.68. The van der Waals surface area contributed by atoms with E-state index >= 15 is 0 Å². The molecule has 0 bridgehead atoms. The predicted octanol–water partition coefficient (Wildman–Crippen LogP) is 4.03. The standard InChI is InChI=1S/C20H31ClO3/c1-12(2)6-5-9-19(3)14-8-7-13-11-24-18(23)17(13)20(14,4)16(22)10-15(19)21/h7,14-18,22-23H,1,5-6,8-11H2,2-4H3/t14-,15-,16-,17+,18+,19-,20+/m0/s1. The number of ether oxygens (including phenoxy) is 1. The zero-order valence-electron chi connectivity index (χ0n) is 15.1. The van der Waals surface area contributed by atoms with Gasteiger partial charge in [0, 0.05) is 16.7 Å². The largest absolute Gasteiger partial charge is 0.392 e. The summed E-state index contributed by atoms with van der Waals surface area (Å²) in [5, 5.41) is 21.3. The first-order valence-electron chi connectivity index (χ1n) is 9.16. The maximum atomic E-state index is 11.0. The third-order valence-electron chi connectivity index (χ3n) is 7.12. The number of aliphatic hydroxyl groups excluding tert-OH is 2. The van der Waals surface area contributed by atoms with Crippen LogP contribution in [0.1, 0.15) is 52.9 Å². The number of allylic oxidation sites excluding steroid dienone is 2. The summed E-state index contributed by atoms with van der Waals surface area (Å²) < 4.78 is 5.50. The molecule has 24 heavy (non-hydrogen) atoms. The van der Waals surface area contributed by atoms with Crippen LogP contribution in [0.25, 0.3) is 0 Å². The summed E-state index contributed by atoms with van der Waals surface area (Å²) in [7, 11) is 0. The molecule has 0 unspecified atom stereocenters. The van der Waals surface area contributed by atoms with Gasteiger partial charge in [-0.3, -0.25) is 0 Å². The van der Waals surface area contributed by atoms with Gasteiger partial charge < -0.3 is 14.9 Å². The van der Waals surface area contributed by atoms with Gasteiger partial charge in [0.25, 0.3) is 0 Å². The number of alkyl halides is 1. The van der Waals surface area contributed by atoms with Crippen molar-refractivity contribution in [3.63, 3.8) is 0 Å². The minimum Gasteiger partial charge on any atom is -0.392 e. The SMILES string of the molecule is C=C(C)CCC[C@]1(C)[C@@H](Cl)C[C@H](O)[C@]2(C)[C@@H]3C(=CC[C@@H]12)CO[C@H]3O. The van der Waals surface area contributed by atoms with Crippen LogP contribution in [0.15, 0.2) is 23.8 Å². The summed E-state index contributed by atoms with van der Waals surface area (Å²) in [6.45, 7) is 11.0. The van der Waals surface area contributed by atoms with Gasteiger partial charge >= 0.3 is 0 Å². The molecule has 1 saturated carbocycles. The Kier molecular flexibility index (Phi) is 4.94. The molecule has 3 rings (SSSR count). The van der Waals surface area contributed by atoms with Gasteiger partial charge in [-0.05, 0) is 55.9 Å². The van der Waals surface area contributed by atoms with E-state index < -0.39 is 12.4 Å². The highest BCUT2D eigenvalue weighted by Gasteiger charge is 2.63. The van der Waals surface area contributed by atoms with Gasteiger partial charge in [-0.1, -0.05) is 25.5 Å². The second-order valence-electron chi connectivity index (χ2n) is 8.65. The van der Waals surface area contributed by atoms with E-state index in [2.05, 4.69) is 33.4 Å². The van der Waals surface area contributed by atoms with Crippen molar-refractivity contribution in [2.24, 2.45) is 22.7 Å². The summed E-state index contributed by atoms with van der Waals surface area (Å²) in [5.74, 6) is 0.127. The van der Waals surface area contributed by atoms with Crippen LogP contribution in [0.2, 0.25) is 0 Å².